The van der Waals surface area contributed by atoms with Gasteiger partial charge < -0.3 is 10.1 Å². The Balaban J connectivity index is 2.03. The van der Waals surface area contributed by atoms with Gasteiger partial charge in [0.15, 0.2) is 0 Å². The Kier molecular flexibility index (Phi) is 5.51. The molecule has 2 rings (SSSR count). The van der Waals surface area contributed by atoms with Crippen molar-refractivity contribution in [1.82, 2.24) is 0 Å². The highest BCUT2D eigenvalue weighted by molar-refractivity contribution is 9.10. The van der Waals surface area contributed by atoms with Crippen molar-refractivity contribution in [2.75, 3.05) is 11.9 Å². The van der Waals surface area contributed by atoms with Crippen LogP contribution < -0.4 is 5.32 Å². The summed E-state index contributed by atoms with van der Waals surface area (Å²) in [4.78, 5) is 0. The normalized spacial score (nSPS) is 24.0. The van der Waals surface area contributed by atoms with E-state index in [1.807, 2.05) is 12.1 Å². The van der Waals surface area contributed by atoms with E-state index >= 15 is 0 Å². The van der Waals surface area contributed by atoms with Gasteiger partial charge in [-0.3, -0.25) is 0 Å². The predicted molar refractivity (Wildman–Crippen MR) is 94.5 cm³/mol. The molecule has 0 aliphatic heterocycles. The van der Waals surface area contributed by atoms with Crippen LogP contribution in [0.4, 0.5) is 5.69 Å². The maximum atomic E-state index is 6.28. The molecule has 0 radical (unpaired) electrons. The molecule has 1 aliphatic carbocycles. The number of halogens is 3. The Hall–Kier alpha value is 0.0400. The number of benzene rings is 1. The van der Waals surface area contributed by atoms with E-state index in [2.05, 4.69) is 48.9 Å². The van der Waals surface area contributed by atoms with Gasteiger partial charge in [-0.05, 0) is 24.5 Å². The van der Waals surface area contributed by atoms with Crippen molar-refractivity contribution in [1.29, 1.82) is 0 Å². The highest BCUT2D eigenvalue weighted by Gasteiger charge is 2.49. The van der Waals surface area contributed by atoms with E-state index in [-0.39, 0.29) is 11.5 Å². The smallest absolute Gasteiger partial charge is 0.0722 e. The number of anilines is 1. The molecule has 2 nitrogen and oxygen atoms in total. The first-order chi connectivity index (χ1) is 9.71. The molecule has 0 bridgehead atoms. The van der Waals surface area contributed by atoms with E-state index in [0.717, 1.165) is 23.2 Å². The second-order valence-corrected chi connectivity index (χ2v) is 8.44. The summed E-state index contributed by atoms with van der Waals surface area (Å²) >= 11 is 16.0. The first kappa shape index (κ1) is 17.4. The lowest BCUT2D eigenvalue weighted by atomic mass is 9.64. The molecule has 0 saturated heterocycles. The van der Waals surface area contributed by atoms with Gasteiger partial charge in [0, 0.05) is 22.5 Å². The molecule has 1 aromatic carbocycles. The molecule has 21 heavy (non-hydrogen) atoms. The zero-order valence-corrected chi connectivity index (χ0v) is 15.9. The predicted octanol–water partition coefficient (Wildman–Crippen LogP) is 6.01. The molecule has 2 unspecified atom stereocenters. The second kappa shape index (κ2) is 6.66. The van der Waals surface area contributed by atoms with Crippen molar-refractivity contribution in [2.45, 2.75) is 46.3 Å². The first-order valence-electron chi connectivity index (χ1n) is 7.24. The van der Waals surface area contributed by atoms with Gasteiger partial charge in [-0.2, -0.15) is 0 Å². The van der Waals surface area contributed by atoms with Crippen LogP contribution >= 0.6 is 39.1 Å². The van der Waals surface area contributed by atoms with Crippen LogP contribution in [-0.2, 0) is 4.74 Å². The third kappa shape index (κ3) is 3.87. The highest BCUT2D eigenvalue weighted by Crippen LogP contribution is 2.46. The molecule has 0 spiro atoms. The molecule has 1 saturated carbocycles. The van der Waals surface area contributed by atoms with Crippen LogP contribution in [-0.4, -0.2) is 18.8 Å². The van der Waals surface area contributed by atoms with Crippen LogP contribution in [0, 0.1) is 11.3 Å². The average molecular weight is 395 g/mol. The summed E-state index contributed by atoms with van der Waals surface area (Å²) in [6.07, 6.45) is 1.26. The summed E-state index contributed by atoms with van der Waals surface area (Å²) in [6, 6.07) is 4.02. The minimum absolute atomic E-state index is 0.0641. The van der Waals surface area contributed by atoms with Gasteiger partial charge in [0.25, 0.3) is 0 Å². The number of rotatable bonds is 5. The molecular formula is C16H22BrCl2NO. The van der Waals surface area contributed by atoms with Crippen LogP contribution in [0.15, 0.2) is 16.6 Å². The molecular weight excluding hydrogens is 373 g/mol. The van der Waals surface area contributed by atoms with Crippen molar-refractivity contribution >= 4 is 44.8 Å². The Morgan fingerprint density at radius 2 is 1.90 bits per heavy atom. The van der Waals surface area contributed by atoms with Gasteiger partial charge in [0.2, 0.25) is 0 Å². The fourth-order valence-corrected chi connectivity index (χ4v) is 3.89. The Morgan fingerprint density at radius 1 is 1.33 bits per heavy atom. The Bertz CT molecular complexity index is 496. The van der Waals surface area contributed by atoms with Crippen LogP contribution in [0.3, 0.4) is 0 Å². The first-order valence-corrected chi connectivity index (χ1v) is 8.79. The number of hydrogen-bond acceptors (Lipinski definition) is 2. The van der Waals surface area contributed by atoms with Crippen LogP contribution in [0.5, 0.6) is 0 Å². The van der Waals surface area contributed by atoms with E-state index in [1.165, 1.54) is 0 Å². The zero-order valence-electron chi connectivity index (χ0n) is 12.8. The van der Waals surface area contributed by atoms with Crippen LogP contribution in [0.2, 0.25) is 10.0 Å². The van der Waals surface area contributed by atoms with Gasteiger partial charge in [-0.15, -0.1) is 0 Å². The Morgan fingerprint density at radius 3 is 2.38 bits per heavy atom. The number of ether oxygens (including phenoxy) is 1. The molecule has 0 aromatic heterocycles. The van der Waals surface area contributed by atoms with Crippen LogP contribution in [0.1, 0.15) is 34.1 Å². The van der Waals surface area contributed by atoms with Gasteiger partial charge in [0.05, 0.1) is 21.8 Å². The lowest BCUT2D eigenvalue weighted by Crippen LogP contribution is -2.58. The molecule has 0 heterocycles. The third-order valence-electron chi connectivity index (χ3n) is 4.13. The van der Waals surface area contributed by atoms with Crippen molar-refractivity contribution in [2.24, 2.45) is 11.3 Å². The number of nitrogens with one attached hydrogen (secondary N) is 1. The minimum atomic E-state index is 0.0641. The molecule has 1 aromatic rings. The highest BCUT2D eigenvalue weighted by atomic mass is 79.9. The lowest BCUT2D eigenvalue weighted by Gasteiger charge is -2.52. The summed E-state index contributed by atoms with van der Waals surface area (Å²) < 4.78 is 6.87. The molecule has 1 fully saturated rings. The van der Waals surface area contributed by atoms with Gasteiger partial charge >= 0.3 is 0 Å². The SMILES string of the molecule is CC(C)COC1CC(Nc2c(Cl)cc(Br)cc2Cl)C1(C)C. The van der Waals surface area contributed by atoms with Crippen molar-refractivity contribution in [3.05, 3.63) is 26.7 Å². The maximum absolute atomic E-state index is 6.28. The van der Waals surface area contributed by atoms with E-state index in [1.54, 1.807) is 0 Å². The molecule has 5 heteroatoms. The van der Waals surface area contributed by atoms with Crippen molar-refractivity contribution in [3.63, 3.8) is 0 Å². The number of hydrogen-bond donors (Lipinski definition) is 1. The van der Waals surface area contributed by atoms with Crippen molar-refractivity contribution in [3.8, 4) is 0 Å². The quantitative estimate of drug-likeness (QED) is 0.660. The van der Waals surface area contributed by atoms with Crippen molar-refractivity contribution < 1.29 is 4.74 Å². The van der Waals surface area contributed by atoms with E-state index < -0.39 is 0 Å². The van der Waals surface area contributed by atoms with Gasteiger partial charge in [-0.25, -0.2) is 0 Å². The lowest BCUT2D eigenvalue weighted by molar-refractivity contribution is -0.108. The largest absolute Gasteiger partial charge is 0.379 e. The molecule has 1 aliphatic rings. The summed E-state index contributed by atoms with van der Waals surface area (Å²) in [5.41, 5.74) is 0.871. The fraction of sp³-hybridized carbons (Fsp3) is 0.625. The van der Waals surface area contributed by atoms with E-state index in [0.29, 0.717) is 22.0 Å². The van der Waals surface area contributed by atoms with Gasteiger partial charge in [-0.1, -0.05) is 66.8 Å². The van der Waals surface area contributed by atoms with E-state index in [4.69, 9.17) is 27.9 Å². The summed E-state index contributed by atoms with van der Waals surface area (Å²) in [5.74, 6) is 0.558. The Labute approximate surface area is 145 Å². The van der Waals surface area contributed by atoms with Crippen LogP contribution in [0.25, 0.3) is 0 Å². The molecule has 0 amide bonds. The fourth-order valence-electron chi connectivity index (χ4n) is 2.58. The monoisotopic (exact) mass is 393 g/mol. The molecule has 2 atom stereocenters. The summed E-state index contributed by atoms with van der Waals surface area (Å²) in [6.45, 7) is 9.59. The standard InChI is InChI=1S/C16H22BrCl2NO/c1-9(2)8-21-14-7-13(16(14,3)4)20-15-11(18)5-10(17)6-12(15)19/h5-6,9,13-14,20H,7-8H2,1-4H3. The maximum Gasteiger partial charge on any atom is 0.0722 e. The summed E-state index contributed by atoms with van der Waals surface area (Å²) in [7, 11) is 0. The molecule has 118 valence electrons. The minimum Gasteiger partial charge on any atom is -0.379 e. The topological polar surface area (TPSA) is 21.3 Å². The summed E-state index contributed by atoms with van der Waals surface area (Å²) in [5, 5.41) is 4.76. The molecule has 1 N–H and O–H groups in total. The second-order valence-electron chi connectivity index (χ2n) is 6.71. The van der Waals surface area contributed by atoms with Gasteiger partial charge in [0.1, 0.15) is 0 Å². The zero-order chi connectivity index (χ0) is 15.8. The third-order valence-corrected chi connectivity index (χ3v) is 5.19. The van der Waals surface area contributed by atoms with E-state index in [9.17, 15) is 0 Å². The average Bonchev–Trinajstić information content (AvgIpc) is 2.34.